The molecule has 1 saturated heterocycles. The summed E-state index contributed by atoms with van der Waals surface area (Å²) in [6.45, 7) is 17.5. The smallest absolute Gasteiger partial charge is 0.408 e. The third-order valence-corrected chi connectivity index (χ3v) is 14.7. The van der Waals surface area contributed by atoms with E-state index in [2.05, 4.69) is 48.2 Å². The number of aromatic nitrogens is 2. The Morgan fingerprint density at radius 2 is 1.77 bits per heavy atom. The first-order chi connectivity index (χ1) is 30.3. The highest BCUT2D eigenvalue weighted by Crippen LogP contribution is 2.47. The summed E-state index contributed by atoms with van der Waals surface area (Å²) in [6, 6.07) is 2.60. The topological polar surface area (TPSA) is 237 Å². The molecule has 1 aliphatic heterocycles. The van der Waals surface area contributed by atoms with E-state index in [0.29, 0.717) is 56.1 Å². The number of hydrogen-bond donors (Lipinski definition) is 4. The predicted octanol–water partition coefficient (Wildman–Crippen LogP) is 6.43. The largest absolute Gasteiger partial charge is 0.496 e. The monoisotopic (exact) mass is 999 g/mol. The van der Waals surface area contributed by atoms with E-state index in [1.807, 2.05) is 0 Å². The normalized spacial score (nSPS) is 21.5. The first-order valence-electron chi connectivity index (χ1n) is 21.2. The van der Waals surface area contributed by atoms with Crippen molar-refractivity contribution in [3.05, 3.63) is 40.7 Å². The molecule has 3 fully saturated rings. The number of benzene rings is 1. The average molecular weight is 1000 g/mol. The van der Waals surface area contributed by atoms with Gasteiger partial charge in [-0.25, -0.2) is 23.2 Å². The van der Waals surface area contributed by atoms with E-state index in [9.17, 15) is 32.4 Å². The summed E-state index contributed by atoms with van der Waals surface area (Å²) >= 11 is 4.86. The zero-order chi connectivity index (χ0) is 47.6. The Kier molecular flexibility index (Phi) is 12.8. The van der Waals surface area contributed by atoms with Crippen LogP contribution >= 0.6 is 27.3 Å². The summed E-state index contributed by atoms with van der Waals surface area (Å²) in [7, 11) is -2.44. The van der Waals surface area contributed by atoms with Gasteiger partial charge in [-0.05, 0) is 73.5 Å². The highest BCUT2D eigenvalue weighted by atomic mass is 79.9. The van der Waals surface area contributed by atoms with E-state index in [1.165, 1.54) is 29.4 Å². The molecule has 0 unspecified atom stereocenters. The number of amides is 5. The molecule has 4 N–H and O–H groups in total. The molecule has 4 aromatic rings. The van der Waals surface area contributed by atoms with E-state index in [0.717, 1.165) is 0 Å². The maximum absolute atomic E-state index is 14.9. The second-order valence-corrected chi connectivity index (χ2v) is 22.6. The number of fused-ring (bicyclic) bond motifs is 3. The number of carbonyl (C=O) groups is 5. The van der Waals surface area contributed by atoms with Crippen LogP contribution in [0.15, 0.2) is 45.1 Å². The Hall–Kier alpha value is -5.28. The fraction of sp³-hybridized carbons (Fsp3) is 0.523. The van der Waals surface area contributed by atoms with Crippen molar-refractivity contribution in [3.63, 3.8) is 0 Å². The van der Waals surface area contributed by atoms with Crippen LogP contribution in [0.2, 0.25) is 0 Å². The van der Waals surface area contributed by atoms with Gasteiger partial charge < -0.3 is 39.5 Å². The number of hydrogen-bond acceptors (Lipinski definition) is 14. The second kappa shape index (κ2) is 17.5. The number of halogens is 1. The first-order valence-corrected chi connectivity index (χ1v) is 24.4. The van der Waals surface area contributed by atoms with Crippen LogP contribution in [0.5, 0.6) is 11.5 Å². The van der Waals surface area contributed by atoms with E-state index in [1.54, 1.807) is 79.0 Å². The number of likely N-dealkylation sites (tertiary alicyclic amines) is 1. The van der Waals surface area contributed by atoms with Gasteiger partial charge in [-0.1, -0.05) is 40.7 Å². The number of carbonyl (C=O) groups excluding carboxylic acids is 5. The van der Waals surface area contributed by atoms with Crippen LogP contribution in [0.25, 0.3) is 33.5 Å². The van der Waals surface area contributed by atoms with E-state index in [-0.39, 0.29) is 42.5 Å². The standard InChI is InChI=1S/C44H54BrN7O11S2/c1-11-22-18-44(22,39(56)51-65(58,59)24-12-13-24)50-37(54)27-16-23(19-52(27)38(55)35(42(4,5)6)48-41(57)63-43(7,8)9)61-30-17-25(26-20-64-40(47-26)49-36(53)21(2)3)46-33-31-28(62-34(30)33)14-15-29(60-10)32(31)45/h11,14-15,17,20-24,27,35H,1,12-13,16,18-19H2,2-10H3,(H,48,57)(H,50,54)(H,51,56)(H,47,49,53)/t22-,23-,27+,35-,44-/m1/s1. The summed E-state index contributed by atoms with van der Waals surface area (Å²) in [5, 5.41) is 10.3. The van der Waals surface area contributed by atoms with Gasteiger partial charge in [0.05, 0.1) is 34.5 Å². The lowest BCUT2D eigenvalue weighted by molar-refractivity contribution is -0.143. The number of furan rings is 1. The van der Waals surface area contributed by atoms with Gasteiger partial charge in [0.2, 0.25) is 27.7 Å². The maximum Gasteiger partial charge on any atom is 0.408 e. The number of ether oxygens (including phenoxy) is 3. The molecule has 3 aromatic heterocycles. The molecule has 21 heteroatoms. The second-order valence-electron chi connectivity index (χ2n) is 19.0. The van der Waals surface area contributed by atoms with E-state index in [4.69, 9.17) is 23.6 Å². The minimum atomic E-state index is -3.97. The summed E-state index contributed by atoms with van der Waals surface area (Å²) in [6.07, 6.45) is 0.570. The maximum atomic E-state index is 14.9. The molecule has 0 radical (unpaired) electrons. The van der Waals surface area contributed by atoms with Crippen molar-refractivity contribution in [2.45, 2.75) is 116 Å². The summed E-state index contributed by atoms with van der Waals surface area (Å²) < 4.78 is 52.7. The fourth-order valence-electron chi connectivity index (χ4n) is 7.62. The number of sulfonamides is 1. The van der Waals surface area contributed by atoms with Crippen LogP contribution in [-0.2, 0) is 33.9 Å². The lowest BCUT2D eigenvalue weighted by atomic mass is 9.85. The molecule has 5 atom stereocenters. The minimum absolute atomic E-state index is 0.0866. The van der Waals surface area contributed by atoms with Crippen molar-refractivity contribution in [1.29, 1.82) is 0 Å². The lowest BCUT2D eigenvalue weighted by Gasteiger charge is -2.36. The Morgan fingerprint density at radius 1 is 1.06 bits per heavy atom. The summed E-state index contributed by atoms with van der Waals surface area (Å²) in [5.41, 5.74) is -1.57. The number of thiazole rings is 1. The third-order valence-electron chi connectivity index (χ3n) is 11.4. The molecule has 3 aliphatic rings. The molecule has 18 nitrogen and oxygen atoms in total. The fourth-order valence-corrected chi connectivity index (χ4v) is 10.4. The summed E-state index contributed by atoms with van der Waals surface area (Å²) in [5.74, 6) is -2.62. The van der Waals surface area contributed by atoms with Gasteiger partial charge in [-0.15, -0.1) is 17.9 Å². The van der Waals surface area contributed by atoms with Gasteiger partial charge in [-0.3, -0.25) is 23.9 Å². The Morgan fingerprint density at radius 3 is 2.37 bits per heavy atom. The Bertz CT molecular complexity index is 2700. The number of nitrogens with zero attached hydrogens (tertiary/aromatic N) is 3. The molecule has 0 spiro atoms. The summed E-state index contributed by atoms with van der Waals surface area (Å²) in [4.78, 5) is 79.8. The molecular formula is C44H54BrN7O11S2. The molecule has 350 valence electrons. The van der Waals surface area contributed by atoms with Crippen LogP contribution in [0.1, 0.15) is 81.1 Å². The number of anilines is 1. The molecule has 5 amide bonds. The zero-order valence-corrected chi connectivity index (χ0v) is 40.8. The SMILES string of the molecule is C=C[C@@H]1C[C@]1(NC(=O)[C@@H]1C[C@@H](Oc2cc(-c3csc(NC(=O)C(C)C)n3)nc3c2oc2ccc(OC)c(Br)c23)CN1C(=O)[C@@H](NC(=O)OC(C)(C)C)C(C)(C)C)C(=O)NS(=O)(=O)C1CC1. The molecular weight excluding hydrogens is 947 g/mol. The predicted molar refractivity (Wildman–Crippen MR) is 247 cm³/mol. The highest BCUT2D eigenvalue weighted by molar-refractivity contribution is 9.10. The van der Waals surface area contributed by atoms with Crippen molar-refractivity contribution in [1.82, 2.24) is 30.2 Å². The van der Waals surface area contributed by atoms with Crippen molar-refractivity contribution in [2.24, 2.45) is 17.3 Å². The van der Waals surface area contributed by atoms with Crippen LogP contribution in [0, 0.1) is 17.3 Å². The first kappa shape index (κ1) is 47.7. The van der Waals surface area contributed by atoms with Crippen molar-refractivity contribution in [2.75, 3.05) is 19.0 Å². The third kappa shape index (κ3) is 9.96. The van der Waals surface area contributed by atoms with E-state index < -0.39 is 79.7 Å². The molecule has 4 heterocycles. The van der Waals surface area contributed by atoms with Crippen LogP contribution in [-0.4, -0.2) is 101 Å². The molecule has 2 saturated carbocycles. The lowest BCUT2D eigenvalue weighted by Crippen LogP contribution is -2.60. The molecule has 2 aliphatic carbocycles. The minimum Gasteiger partial charge on any atom is -0.496 e. The van der Waals surface area contributed by atoms with Crippen LogP contribution < -0.4 is 30.1 Å². The molecule has 1 aromatic carbocycles. The van der Waals surface area contributed by atoms with Gasteiger partial charge in [0.25, 0.3) is 5.91 Å². The van der Waals surface area contributed by atoms with Gasteiger partial charge in [0.15, 0.2) is 16.5 Å². The quantitative estimate of drug-likeness (QED) is 0.0999. The number of pyridine rings is 1. The van der Waals surface area contributed by atoms with Gasteiger partial charge in [0, 0.05) is 29.7 Å². The van der Waals surface area contributed by atoms with Crippen molar-refractivity contribution in [3.8, 4) is 22.9 Å². The van der Waals surface area contributed by atoms with Gasteiger partial charge in [0.1, 0.15) is 51.9 Å². The van der Waals surface area contributed by atoms with Crippen LogP contribution in [0.4, 0.5) is 9.93 Å². The molecule has 7 rings (SSSR count). The van der Waals surface area contributed by atoms with Crippen LogP contribution in [0.3, 0.4) is 0 Å². The van der Waals surface area contributed by atoms with Gasteiger partial charge >= 0.3 is 6.09 Å². The molecule has 65 heavy (non-hydrogen) atoms. The average Bonchev–Trinajstić information content (AvgIpc) is 4.04. The number of methoxy groups -OCH3 is 1. The van der Waals surface area contributed by atoms with Crippen molar-refractivity contribution >= 4 is 94.2 Å². The Balaban J connectivity index is 1.27. The van der Waals surface area contributed by atoms with Gasteiger partial charge in [-0.2, -0.15) is 0 Å². The highest BCUT2D eigenvalue weighted by Gasteiger charge is 2.62. The zero-order valence-electron chi connectivity index (χ0n) is 37.6. The number of alkyl carbamates (subject to hydrolysis) is 1. The van der Waals surface area contributed by atoms with Crippen molar-refractivity contribution < 1.29 is 51.0 Å². The van der Waals surface area contributed by atoms with E-state index >= 15 is 0 Å². The Labute approximate surface area is 389 Å². The molecule has 0 bridgehead atoms. The number of nitrogens with one attached hydrogen (secondary N) is 4. The number of rotatable bonds is 14.